The first-order chi connectivity index (χ1) is 16.6. The van der Waals surface area contributed by atoms with Crippen LogP contribution in [0.25, 0.3) is 0 Å². The summed E-state index contributed by atoms with van der Waals surface area (Å²) in [6.07, 6.45) is -0.973. The molecule has 37 heavy (non-hydrogen) atoms. The van der Waals surface area contributed by atoms with Gasteiger partial charge in [-0.1, -0.05) is 18.2 Å². The molecule has 1 rings (SSSR count). The summed E-state index contributed by atoms with van der Waals surface area (Å²) in [7, 11) is 0. The minimum Gasteiger partial charge on any atom is -0.444 e. The van der Waals surface area contributed by atoms with Gasteiger partial charge < -0.3 is 26.0 Å². The first-order valence-electron chi connectivity index (χ1n) is 12.6. The van der Waals surface area contributed by atoms with Crippen molar-refractivity contribution in [3.8, 4) is 0 Å². The Kier molecular flexibility index (Phi) is 10.3. The summed E-state index contributed by atoms with van der Waals surface area (Å²) >= 11 is 0. The van der Waals surface area contributed by atoms with Crippen LogP contribution in [0.15, 0.2) is 18.2 Å². The number of hydrogen-bond acceptors (Lipinski definition) is 5. The van der Waals surface area contributed by atoms with Gasteiger partial charge in [0, 0.05) is 17.5 Å². The minimum atomic E-state index is -1.14. The lowest BCUT2D eigenvalue weighted by Crippen LogP contribution is -2.60. The lowest BCUT2D eigenvalue weighted by atomic mass is 9.89. The molecule has 9 nitrogen and oxygen atoms in total. The molecular formula is C28H46N4O5. The zero-order valence-corrected chi connectivity index (χ0v) is 24.4. The van der Waals surface area contributed by atoms with E-state index in [1.54, 1.807) is 20.8 Å². The molecule has 208 valence electrons. The molecule has 0 aliphatic rings. The molecule has 1 aromatic rings. The Bertz CT molecular complexity index is 979. The molecule has 0 bridgehead atoms. The molecule has 9 heteroatoms. The molecule has 0 aromatic heterocycles. The maximum absolute atomic E-state index is 14.2. The van der Waals surface area contributed by atoms with Crippen LogP contribution in [0.3, 0.4) is 0 Å². The predicted octanol–water partition coefficient (Wildman–Crippen LogP) is 4.05. The van der Waals surface area contributed by atoms with Crippen molar-refractivity contribution in [2.75, 3.05) is 0 Å². The summed E-state index contributed by atoms with van der Waals surface area (Å²) in [5, 5.41) is 5.63. The Hall–Kier alpha value is -3.10. The van der Waals surface area contributed by atoms with Crippen LogP contribution in [-0.4, -0.2) is 51.4 Å². The van der Waals surface area contributed by atoms with Gasteiger partial charge in [-0.2, -0.15) is 0 Å². The minimum absolute atomic E-state index is 0.0413. The average Bonchev–Trinajstić information content (AvgIpc) is 2.65. The van der Waals surface area contributed by atoms with E-state index in [2.05, 4.69) is 10.6 Å². The number of rotatable bonds is 8. The van der Waals surface area contributed by atoms with E-state index >= 15 is 0 Å². The van der Waals surface area contributed by atoms with Gasteiger partial charge in [0.05, 0.1) is 0 Å². The number of benzene rings is 1. The lowest BCUT2D eigenvalue weighted by molar-refractivity contribution is -0.149. The Labute approximate surface area is 221 Å². The highest BCUT2D eigenvalue weighted by molar-refractivity contribution is 5.93. The number of nitrogens with zero attached hydrogens (tertiary/aromatic N) is 1. The maximum Gasteiger partial charge on any atom is 0.408 e. The molecule has 4 amide bonds. The number of amides is 4. The molecule has 0 aliphatic heterocycles. The van der Waals surface area contributed by atoms with Crippen molar-refractivity contribution >= 4 is 23.8 Å². The number of alkyl carbamates (subject to hydrolysis) is 1. The number of nitrogens with two attached hydrogens (primary N) is 1. The van der Waals surface area contributed by atoms with Crippen molar-refractivity contribution in [3.05, 3.63) is 34.9 Å². The van der Waals surface area contributed by atoms with Crippen LogP contribution in [0.5, 0.6) is 0 Å². The van der Waals surface area contributed by atoms with Crippen LogP contribution in [0.2, 0.25) is 0 Å². The molecular weight excluding hydrogens is 472 g/mol. The van der Waals surface area contributed by atoms with E-state index in [0.29, 0.717) is 5.56 Å². The topological polar surface area (TPSA) is 131 Å². The van der Waals surface area contributed by atoms with E-state index in [9.17, 15) is 19.2 Å². The number of hydrogen-bond donors (Lipinski definition) is 3. The van der Waals surface area contributed by atoms with Crippen molar-refractivity contribution in [2.45, 2.75) is 118 Å². The fraction of sp³-hybridized carbons (Fsp3) is 0.643. The van der Waals surface area contributed by atoms with Gasteiger partial charge in [-0.05, 0) is 99.3 Å². The van der Waals surface area contributed by atoms with Gasteiger partial charge in [0.1, 0.15) is 17.7 Å². The Morgan fingerprint density at radius 3 is 1.86 bits per heavy atom. The molecule has 2 unspecified atom stereocenters. The van der Waals surface area contributed by atoms with E-state index < -0.39 is 46.7 Å². The van der Waals surface area contributed by atoms with Crippen molar-refractivity contribution in [3.63, 3.8) is 0 Å². The Morgan fingerprint density at radius 2 is 1.46 bits per heavy atom. The molecule has 0 fully saturated rings. The van der Waals surface area contributed by atoms with Gasteiger partial charge in [0.15, 0.2) is 0 Å². The second-order valence-electron chi connectivity index (χ2n) is 12.5. The number of ether oxygens (including phenoxy) is 1. The molecule has 0 saturated carbocycles. The van der Waals surface area contributed by atoms with Gasteiger partial charge in [0.2, 0.25) is 17.7 Å². The molecule has 0 heterocycles. The van der Waals surface area contributed by atoms with Crippen LogP contribution in [0.1, 0.15) is 97.9 Å². The smallest absolute Gasteiger partial charge is 0.408 e. The van der Waals surface area contributed by atoms with Crippen molar-refractivity contribution in [1.29, 1.82) is 0 Å². The van der Waals surface area contributed by atoms with Gasteiger partial charge in [-0.15, -0.1) is 0 Å². The molecule has 0 spiro atoms. The van der Waals surface area contributed by atoms with Crippen LogP contribution in [0.4, 0.5) is 4.79 Å². The number of carbonyl (C=O) groups excluding carboxylic acids is 4. The van der Waals surface area contributed by atoms with Gasteiger partial charge in [0.25, 0.3) is 0 Å². The average molecular weight is 519 g/mol. The second-order valence-corrected chi connectivity index (χ2v) is 12.5. The second kappa shape index (κ2) is 12.0. The highest BCUT2D eigenvalue weighted by Gasteiger charge is 2.43. The third-order valence-electron chi connectivity index (χ3n) is 5.45. The highest BCUT2D eigenvalue weighted by atomic mass is 16.6. The number of carbonyl (C=O) groups is 4. The monoisotopic (exact) mass is 518 g/mol. The fourth-order valence-electron chi connectivity index (χ4n) is 4.08. The molecule has 4 N–H and O–H groups in total. The van der Waals surface area contributed by atoms with Crippen LogP contribution < -0.4 is 16.4 Å². The predicted molar refractivity (Wildman–Crippen MR) is 145 cm³/mol. The lowest BCUT2D eigenvalue weighted by Gasteiger charge is -2.44. The summed E-state index contributed by atoms with van der Waals surface area (Å²) in [6, 6.07) is 3.55. The molecule has 0 aliphatic carbocycles. The SMILES string of the molecule is Cc1cccc(C)c1C(C(=O)NC(C)(C)C)N(C(=O)C(CCC(N)=O)NC(=O)OC(C)(C)C)C(C)(C)C. The van der Waals surface area contributed by atoms with Gasteiger partial charge in [-0.25, -0.2) is 4.79 Å². The number of nitrogens with one attached hydrogen (secondary N) is 2. The van der Waals surface area contributed by atoms with Gasteiger partial charge in [-0.3, -0.25) is 14.4 Å². The highest BCUT2D eigenvalue weighted by Crippen LogP contribution is 2.34. The third-order valence-corrected chi connectivity index (χ3v) is 5.45. The largest absolute Gasteiger partial charge is 0.444 e. The quantitative estimate of drug-likeness (QED) is 0.478. The normalized spacial score (nSPS) is 13.8. The first kappa shape index (κ1) is 31.9. The molecule has 2 atom stereocenters. The van der Waals surface area contributed by atoms with Crippen molar-refractivity contribution < 1.29 is 23.9 Å². The molecule has 0 saturated heterocycles. The van der Waals surface area contributed by atoms with Crippen LogP contribution >= 0.6 is 0 Å². The Morgan fingerprint density at radius 1 is 0.946 bits per heavy atom. The number of primary amides is 1. The van der Waals surface area contributed by atoms with E-state index in [1.165, 1.54) is 4.90 Å². The van der Waals surface area contributed by atoms with Gasteiger partial charge >= 0.3 is 6.09 Å². The molecule has 0 radical (unpaired) electrons. The first-order valence-corrected chi connectivity index (χ1v) is 12.6. The van der Waals surface area contributed by atoms with E-state index in [0.717, 1.165) is 11.1 Å². The summed E-state index contributed by atoms with van der Waals surface area (Å²) in [5.74, 6) is -1.47. The van der Waals surface area contributed by atoms with Crippen molar-refractivity contribution in [1.82, 2.24) is 15.5 Å². The summed E-state index contributed by atoms with van der Waals surface area (Å²) in [6.45, 7) is 20.0. The third kappa shape index (κ3) is 10.1. The summed E-state index contributed by atoms with van der Waals surface area (Å²) in [4.78, 5) is 53.9. The molecule has 1 aromatic carbocycles. The summed E-state index contributed by atoms with van der Waals surface area (Å²) in [5.41, 5.74) is 5.59. The van der Waals surface area contributed by atoms with E-state index in [4.69, 9.17) is 10.5 Å². The zero-order chi connectivity index (χ0) is 28.9. The van der Waals surface area contributed by atoms with E-state index in [1.807, 2.05) is 73.6 Å². The zero-order valence-electron chi connectivity index (χ0n) is 24.4. The number of aryl methyl sites for hydroxylation is 2. The van der Waals surface area contributed by atoms with Crippen LogP contribution in [-0.2, 0) is 19.1 Å². The van der Waals surface area contributed by atoms with Crippen molar-refractivity contribution in [2.24, 2.45) is 5.73 Å². The fourth-order valence-corrected chi connectivity index (χ4v) is 4.08. The Balaban J connectivity index is 3.72. The van der Waals surface area contributed by atoms with Crippen LogP contribution in [0, 0.1) is 13.8 Å². The standard InChI is InChI=1S/C28H46N4O5/c1-17-13-12-14-18(2)21(17)22(23(34)31-26(3,4)5)32(27(6,7)8)24(35)19(15-16-20(29)33)30-25(36)37-28(9,10)11/h12-14,19,22H,15-16H2,1-11H3,(H2,29,33)(H,30,36)(H,31,34). The maximum atomic E-state index is 14.2. The van der Waals surface area contributed by atoms with E-state index in [-0.39, 0.29) is 18.7 Å². The summed E-state index contributed by atoms with van der Waals surface area (Å²) < 4.78 is 5.37.